The number of carbonyl (C=O) groups is 2. The zero-order chi connectivity index (χ0) is 13.6. The molecule has 6 heteroatoms. The molecule has 1 atom stereocenters. The first-order valence-corrected chi connectivity index (χ1v) is 7.37. The van der Waals surface area contributed by atoms with Gasteiger partial charge < -0.3 is 10.6 Å². The lowest BCUT2D eigenvalue weighted by Crippen LogP contribution is -2.50. The minimum atomic E-state index is -0.511. The van der Waals surface area contributed by atoms with Crippen LogP contribution < -0.4 is 10.6 Å². The Kier molecular flexibility index (Phi) is 5.48. The van der Waals surface area contributed by atoms with Gasteiger partial charge in [-0.25, -0.2) is 0 Å². The summed E-state index contributed by atoms with van der Waals surface area (Å²) in [4.78, 5) is 23.7. The topological polar surface area (TPSA) is 82.0 Å². The molecule has 0 bridgehead atoms. The summed E-state index contributed by atoms with van der Waals surface area (Å²) < 4.78 is 0. The lowest BCUT2D eigenvalue weighted by molar-refractivity contribution is -0.131. The van der Waals surface area contributed by atoms with Crippen LogP contribution in [0.2, 0.25) is 0 Å². The Morgan fingerprint density at radius 3 is 2.67 bits per heavy atom. The highest BCUT2D eigenvalue weighted by atomic mass is 32.2. The van der Waals surface area contributed by atoms with Crippen molar-refractivity contribution in [3.8, 4) is 6.07 Å². The second kappa shape index (κ2) is 6.64. The molecule has 0 spiro atoms. The largest absolute Gasteiger partial charge is 0.353 e. The predicted octanol–water partition coefficient (Wildman–Crippen LogP) is 0.664. The average molecular weight is 269 g/mol. The Labute approximate surface area is 112 Å². The summed E-state index contributed by atoms with van der Waals surface area (Å²) in [5.41, 5.74) is -0.274. The van der Waals surface area contributed by atoms with Crippen LogP contribution in [-0.2, 0) is 9.59 Å². The lowest BCUT2D eigenvalue weighted by Gasteiger charge is -2.19. The number of nitrogens with one attached hydrogen (secondary N) is 2. The van der Waals surface area contributed by atoms with E-state index in [9.17, 15) is 9.59 Å². The van der Waals surface area contributed by atoms with Gasteiger partial charge in [-0.3, -0.25) is 9.59 Å². The van der Waals surface area contributed by atoms with E-state index in [2.05, 4.69) is 10.6 Å². The van der Waals surface area contributed by atoms with E-state index in [0.717, 1.165) is 12.8 Å². The van der Waals surface area contributed by atoms with Gasteiger partial charge in [-0.05, 0) is 19.1 Å². The van der Waals surface area contributed by atoms with E-state index in [0.29, 0.717) is 12.3 Å². The van der Waals surface area contributed by atoms with Gasteiger partial charge in [0.1, 0.15) is 6.04 Å². The molecule has 100 valence electrons. The van der Waals surface area contributed by atoms with Crippen molar-refractivity contribution in [2.45, 2.75) is 32.2 Å². The quantitative estimate of drug-likeness (QED) is 0.665. The minimum absolute atomic E-state index is 0.0445. The Balaban J connectivity index is 2.45. The first-order valence-electron chi connectivity index (χ1n) is 5.98. The molecule has 1 fully saturated rings. The highest BCUT2D eigenvalue weighted by Gasteiger charge is 2.45. The predicted molar refractivity (Wildman–Crippen MR) is 70.9 cm³/mol. The Morgan fingerprint density at radius 1 is 1.50 bits per heavy atom. The second-order valence-corrected chi connectivity index (χ2v) is 5.65. The van der Waals surface area contributed by atoms with Crippen molar-refractivity contribution in [2.75, 3.05) is 18.6 Å². The van der Waals surface area contributed by atoms with E-state index in [1.165, 1.54) is 11.8 Å². The highest BCUT2D eigenvalue weighted by molar-refractivity contribution is 7.98. The molecule has 1 aliphatic carbocycles. The molecule has 2 amide bonds. The summed E-state index contributed by atoms with van der Waals surface area (Å²) in [6, 6.07) is 1.45. The third-order valence-corrected chi connectivity index (χ3v) is 3.71. The van der Waals surface area contributed by atoms with Gasteiger partial charge >= 0.3 is 0 Å². The van der Waals surface area contributed by atoms with E-state index >= 15 is 0 Å². The maximum absolute atomic E-state index is 11.9. The van der Waals surface area contributed by atoms with Crippen LogP contribution >= 0.6 is 11.8 Å². The minimum Gasteiger partial charge on any atom is -0.353 e. The summed E-state index contributed by atoms with van der Waals surface area (Å²) in [6.07, 6.45) is 3.95. The van der Waals surface area contributed by atoms with Gasteiger partial charge in [0.15, 0.2) is 0 Å². The van der Waals surface area contributed by atoms with Crippen LogP contribution in [0.25, 0.3) is 0 Å². The molecule has 0 aromatic rings. The molecule has 0 aliphatic heterocycles. The molecule has 5 nitrogen and oxygen atoms in total. The van der Waals surface area contributed by atoms with E-state index in [4.69, 9.17) is 5.26 Å². The van der Waals surface area contributed by atoms with Crippen molar-refractivity contribution < 1.29 is 9.59 Å². The van der Waals surface area contributed by atoms with Gasteiger partial charge in [-0.1, -0.05) is 6.92 Å². The first kappa shape index (κ1) is 14.8. The van der Waals surface area contributed by atoms with Crippen LogP contribution in [0.15, 0.2) is 0 Å². The fraction of sp³-hybridized carbons (Fsp3) is 0.750. The Hall–Kier alpha value is -1.22. The highest BCUT2D eigenvalue weighted by Crippen LogP contribution is 2.45. The fourth-order valence-corrected chi connectivity index (χ4v) is 2.03. The number of thioether (sulfide) groups is 1. The van der Waals surface area contributed by atoms with Crippen molar-refractivity contribution in [3.63, 3.8) is 0 Å². The maximum atomic E-state index is 11.9. The second-order valence-electron chi connectivity index (χ2n) is 4.74. The molecule has 2 N–H and O–H groups in total. The summed E-state index contributed by atoms with van der Waals surface area (Å²) in [7, 11) is 0. The van der Waals surface area contributed by atoms with Crippen molar-refractivity contribution in [1.82, 2.24) is 10.6 Å². The zero-order valence-electron chi connectivity index (χ0n) is 10.8. The van der Waals surface area contributed by atoms with Gasteiger partial charge in [0, 0.05) is 17.7 Å². The molecular formula is C12H19N3O2S. The van der Waals surface area contributed by atoms with Crippen molar-refractivity contribution in [1.29, 1.82) is 5.26 Å². The number of carbonyl (C=O) groups excluding carboxylic acids is 2. The standard InChI is InChI=1S/C12H19N3O2S/c1-12(4-5-12)11(17)15-9(8-18-2)10(16)14-7-3-6-13/h9H,3-5,7-8H2,1-2H3,(H,14,16)(H,15,17). The summed E-state index contributed by atoms with van der Waals surface area (Å²) in [5.74, 6) is 0.286. The normalized spacial score (nSPS) is 17.4. The van der Waals surface area contributed by atoms with Gasteiger partial charge in [-0.2, -0.15) is 17.0 Å². The van der Waals surface area contributed by atoms with Crippen LogP contribution in [0, 0.1) is 16.7 Å². The number of nitrogens with zero attached hydrogens (tertiary/aromatic N) is 1. The third kappa shape index (κ3) is 4.22. The summed E-state index contributed by atoms with van der Waals surface area (Å²) in [5, 5.41) is 13.9. The van der Waals surface area contributed by atoms with Crippen LogP contribution in [-0.4, -0.2) is 36.4 Å². The van der Waals surface area contributed by atoms with Gasteiger partial charge in [0.25, 0.3) is 0 Å². The molecule has 0 aromatic heterocycles. The van der Waals surface area contributed by atoms with Crippen LogP contribution in [0.3, 0.4) is 0 Å². The monoisotopic (exact) mass is 269 g/mol. The summed E-state index contributed by atoms with van der Waals surface area (Å²) in [6.45, 7) is 2.24. The molecule has 0 radical (unpaired) electrons. The fourth-order valence-electron chi connectivity index (χ4n) is 1.46. The van der Waals surface area contributed by atoms with Crippen LogP contribution in [0.5, 0.6) is 0 Å². The SMILES string of the molecule is CSCC(NC(=O)C1(C)CC1)C(=O)NCCC#N. The van der Waals surface area contributed by atoms with Crippen molar-refractivity contribution >= 4 is 23.6 Å². The Morgan fingerprint density at radius 2 is 2.17 bits per heavy atom. The van der Waals surface area contributed by atoms with E-state index < -0.39 is 6.04 Å². The molecule has 1 unspecified atom stereocenters. The zero-order valence-corrected chi connectivity index (χ0v) is 11.6. The Bertz CT molecular complexity index is 361. The number of hydrogen-bond donors (Lipinski definition) is 2. The van der Waals surface area contributed by atoms with Crippen LogP contribution in [0.1, 0.15) is 26.2 Å². The van der Waals surface area contributed by atoms with E-state index in [-0.39, 0.29) is 23.7 Å². The molecule has 1 saturated carbocycles. The molecule has 1 aliphatic rings. The lowest BCUT2D eigenvalue weighted by atomic mass is 10.1. The average Bonchev–Trinajstić information content (AvgIpc) is 3.08. The molecule has 18 heavy (non-hydrogen) atoms. The summed E-state index contributed by atoms with van der Waals surface area (Å²) >= 11 is 1.51. The van der Waals surface area contributed by atoms with Gasteiger partial charge in [0.05, 0.1) is 12.5 Å². The van der Waals surface area contributed by atoms with Gasteiger partial charge in [-0.15, -0.1) is 0 Å². The van der Waals surface area contributed by atoms with Crippen LogP contribution in [0.4, 0.5) is 0 Å². The number of hydrogen-bond acceptors (Lipinski definition) is 4. The molecule has 0 heterocycles. The molecule has 1 rings (SSSR count). The number of nitriles is 1. The van der Waals surface area contributed by atoms with Gasteiger partial charge in [0.2, 0.25) is 11.8 Å². The third-order valence-electron chi connectivity index (χ3n) is 3.04. The van der Waals surface area contributed by atoms with E-state index in [1.54, 1.807) is 0 Å². The van der Waals surface area contributed by atoms with Crippen molar-refractivity contribution in [2.24, 2.45) is 5.41 Å². The molecule has 0 saturated heterocycles. The maximum Gasteiger partial charge on any atom is 0.243 e. The number of rotatable bonds is 7. The van der Waals surface area contributed by atoms with E-state index in [1.807, 2.05) is 19.2 Å². The smallest absolute Gasteiger partial charge is 0.243 e. The first-order chi connectivity index (χ1) is 8.53. The number of amides is 2. The molecular weight excluding hydrogens is 250 g/mol. The molecule has 0 aromatic carbocycles. The van der Waals surface area contributed by atoms with Crippen molar-refractivity contribution in [3.05, 3.63) is 0 Å².